The van der Waals surface area contributed by atoms with Crippen LogP contribution < -0.4 is 5.73 Å². The number of aryl methyl sites for hydroxylation is 1. The Morgan fingerprint density at radius 3 is 2.27 bits per heavy atom. The third-order valence-electron chi connectivity index (χ3n) is 4.96. The zero-order valence-corrected chi connectivity index (χ0v) is 15.8. The highest BCUT2D eigenvalue weighted by molar-refractivity contribution is 6.31. The van der Waals surface area contributed by atoms with Crippen molar-refractivity contribution < 1.29 is 4.79 Å². The molecule has 0 spiro atoms. The highest BCUT2D eigenvalue weighted by Crippen LogP contribution is 2.18. The Morgan fingerprint density at radius 1 is 0.962 bits per heavy atom. The summed E-state index contributed by atoms with van der Waals surface area (Å²) in [7, 11) is 0. The van der Waals surface area contributed by atoms with E-state index in [1.54, 1.807) is 0 Å². The fraction of sp³-hybridized carbons (Fsp3) is 0.381. The molecule has 1 heterocycles. The molecule has 0 bridgehead atoms. The molecule has 1 aliphatic heterocycles. The van der Waals surface area contributed by atoms with E-state index in [9.17, 15) is 4.79 Å². The molecule has 0 unspecified atom stereocenters. The summed E-state index contributed by atoms with van der Waals surface area (Å²) in [5, 5.41) is 0.812. The molecule has 4 nitrogen and oxygen atoms in total. The van der Waals surface area contributed by atoms with Crippen LogP contribution in [0.2, 0.25) is 5.02 Å². The third kappa shape index (κ3) is 5.07. The molecule has 1 aliphatic rings. The van der Waals surface area contributed by atoms with E-state index in [-0.39, 0.29) is 5.91 Å². The van der Waals surface area contributed by atoms with Gasteiger partial charge in [-0.2, -0.15) is 0 Å². The van der Waals surface area contributed by atoms with Gasteiger partial charge in [0.15, 0.2) is 0 Å². The second-order valence-electron chi connectivity index (χ2n) is 6.77. The highest BCUT2D eigenvalue weighted by atomic mass is 35.5. The van der Waals surface area contributed by atoms with Crippen LogP contribution in [-0.4, -0.2) is 41.9 Å². The van der Waals surface area contributed by atoms with Gasteiger partial charge in [0.05, 0.1) is 0 Å². The standard InChI is InChI=1S/C21H26ClN3O/c22-20-4-2-1-3-19(20)16-24-11-13-25(14-12-24)21(26)10-9-17-5-7-18(15-23)8-6-17/h1-8H,9-16,23H2. The number of hydrogen-bond acceptors (Lipinski definition) is 3. The number of amides is 1. The molecule has 26 heavy (non-hydrogen) atoms. The molecular formula is C21H26ClN3O. The predicted octanol–water partition coefficient (Wildman–Crippen LogP) is 3.08. The van der Waals surface area contributed by atoms with E-state index in [0.717, 1.165) is 55.3 Å². The van der Waals surface area contributed by atoms with Crippen LogP contribution in [-0.2, 0) is 24.3 Å². The van der Waals surface area contributed by atoms with Crippen molar-refractivity contribution in [2.45, 2.75) is 25.9 Å². The lowest BCUT2D eigenvalue weighted by atomic mass is 10.1. The Kier molecular flexibility index (Phi) is 6.67. The molecule has 1 saturated heterocycles. The van der Waals surface area contributed by atoms with Gasteiger partial charge in [-0.25, -0.2) is 0 Å². The van der Waals surface area contributed by atoms with E-state index in [4.69, 9.17) is 17.3 Å². The minimum atomic E-state index is 0.241. The molecular weight excluding hydrogens is 346 g/mol. The SMILES string of the molecule is NCc1ccc(CCC(=O)N2CCN(Cc3ccccc3Cl)CC2)cc1. The molecule has 0 aromatic heterocycles. The molecule has 2 N–H and O–H groups in total. The Balaban J connectivity index is 1.43. The number of carbonyl (C=O) groups is 1. The molecule has 3 rings (SSSR count). The maximum atomic E-state index is 12.5. The Morgan fingerprint density at radius 2 is 1.62 bits per heavy atom. The second kappa shape index (κ2) is 9.17. The summed E-state index contributed by atoms with van der Waals surface area (Å²) in [6.07, 6.45) is 1.34. The molecule has 5 heteroatoms. The molecule has 0 radical (unpaired) electrons. The zero-order valence-electron chi connectivity index (χ0n) is 15.0. The normalized spacial score (nSPS) is 15.2. The third-order valence-corrected chi connectivity index (χ3v) is 5.33. The smallest absolute Gasteiger partial charge is 0.222 e. The number of halogens is 1. The van der Waals surface area contributed by atoms with Gasteiger partial charge >= 0.3 is 0 Å². The van der Waals surface area contributed by atoms with Gasteiger partial charge in [0.2, 0.25) is 5.91 Å². The zero-order chi connectivity index (χ0) is 18.4. The van der Waals surface area contributed by atoms with E-state index in [0.29, 0.717) is 13.0 Å². The molecule has 2 aromatic rings. The van der Waals surface area contributed by atoms with E-state index in [1.165, 1.54) is 5.56 Å². The van der Waals surface area contributed by atoms with Gasteiger partial charge in [0.1, 0.15) is 0 Å². The molecule has 2 aromatic carbocycles. The van der Waals surface area contributed by atoms with Crippen LogP contribution in [0.3, 0.4) is 0 Å². The maximum Gasteiger partial charge on any atom is 0.222 e. The summed E-state index contributed by atoms with van der Waals surface area (Å²) in [5.41, 5.74) is 9.07. The minimum absolute atomic E-state index is 0.241. The van der Waals surface area contributed by atoms with Gasteiger partial charge in [-0.1, -0.05) is 54.1 Å². The lowest BCUT2D eigenvalue weighted by Crippen LogP contribution is -2.48. The van der Waals surface area contributed by atoms with E-state index >= 15 is 0 Å². The van der Waals surface area contributed by atoms with Crippen LogP contribution in [0.5, 0.6) is 0 Å². The monoisotopic (exact) mass is 371 g/mol. The number of nitrogens with zero attached hydrogens (tertiary/aromatic N) is 2. The maximum absolute atomic E-state index is 12.5. The van der Waals surface area contributed by atoms with Gasteiger partial charge in [-0.3, -0.25) is 9.69 Å². The highest BCUT2D eigenvalue weighted by Gasteiger charge is 2.21. The van der Waals surface area contributed by atoms with Crippen molar-refractivity contribution in [1.82, 2.24) is 9.80 Å². The molecule has 0 saturated carbocycles. The molecule has 0 aliphatic carbocycles. The summed E-state index contributed by atoms with van der Waals surface area (Å²) in [6, 6.07) is 16.2. The van der Waals surface area contributed by atoms with Crippen molar-refractivity contribution in [3.63, 3.8) is 0 Å². The summed E-state index contributed by atoms with van der Waals surface area (Å²) in [5.74, 6) is 0.241. The number of piperazine rings is 1. The summed E-state index contributed by atoms with van der Waals surface area (Å²) < 4.78 is 0. The summed E-state index contributed by atoms with van der Waals surface area (Å²) in [6.45, 7) is 4.75. The first-order valence-electron chi connectivity index (χ1n) is 9.17. The Bertz CT molecular complexity index is 724. The second-order valence-corrected chi connectivity index (χ2v) is 7.18. The van der Waals surface area contributed by atoms with E-state index in [1.807, 2.05) is 35.2 Å². The van der Waals surface area contributed by atoms with E-state index < -0.39 is 0 Å². The van der Waals surface area contributed by atoms with Gasteiger partial charge in [-0.15, -0.1) is 0 Å². The van der Waals surface area contributed by atoms with Crippen LogP contribution in [0.4, 0.5) is 0 Å². The van der Waals surface area contributed by atoms with Crippen molar-refractivity contribution in [2.24, 2.45) is 5.73 Å². The van der Waals surface area contributed by atoms with Crippen molar-refractivity contribution in [3.05, 3.63) is 70.2 Å². The lowest BCUT2D eigenvalue weighted by Gasteiger charge is -2.35. The number of benzene rings is 2. The van der Waals surface area contributed by atoms with Crippen molar-refractivity contribution in [2.75, 3.05) is 26.2 Å². The number of nitrogens with two attached hydrogens (primary N) is 1. The largest absolute Gasteiger partial charge is 0.340 e. The van der Waals surface area contributed by atoms with E-state index in [2.05, 4.69) is 23.1 Å². The average molecular weight is 372 g/mol. The fourth-order valence-electron chi connectivity index (χ4n) is 3.27. The quantitative estimate of drug-likeness (QED) is 0.848. The number of rotatable bonds is 6. The van der Waals surface area contributed by atoms with Crippen molar-refractivity contribution >= 4 is 17.5 Å². The molecule has 0 atom stereocenters. The summed E-state index contributed by atoms with van der Waals surface area (Å²) in [4.78, 5) is 16.8. The van der Waals surface area contributed by atoms with Crippen molar-refractivity contribution in [1.29, 1.82) is 0 Å². The van der Waals surface area contributed by atoms with Gasteiger partial charge < -0.3 is 10.6 Å². The predicted molar refractivity (Wildman–Crippen MR) is 106 cm³/mol. The Hall–Kier alpha value is -1.88. The first-order chi connectivity index (χ1) is 12.7. The van der Waals surface area contributed by atoms with Crippen LogP contribution in [0.1, 0.15) is 23.1 Å². The van der Waals surface area contributed by atoms with Gasteiger partial charge in [0.25, 0.3) is 0 Å². The Labute approximate surface area is 160 Å². The number of hydrogen-bond donors (Lipinski definition) is 1. The van der Waals surface area contributed by atoms with Gasteiger partial charge in [0, 0.05) is 50.7 Å². The summed E-state index contributed by atoms with van der Waals surface area (Å²) >= 11 is 6.24. The van der Waals surface area contributed by atoms with Crippen LogP contribution in [0.15, 0.2) is 48.5 Å². The lowest BCUT2D eigenvalue weighted by molar-refractivity contribution is -0.133. The average Bonchev–Trinajstić information content (AvgIpc) is 2.69. The van der Waals surface area contributed by atoms with Crippen molar-refractivity contribution in [3.8, 4) is 0 Å². The topological polar surface area (TPSA) is 49.6 Å². The minimum Gasteiger partial charge on any atom is -0.340 e. The van der Waals surface area contributed by atoms with Gasteiger partial charge in [-0.05, 0) is 29.2 Å². The number of carbonyl (C=O) groups excluding carboxylic acids is 1. The molecule has 1 amide bonds. The van der Waals surface area contributed by atoms with Crippen LogP contribution in [0, 0.1) is 0 Å². The fourth-order valence-corrected chi connectivity index (χ4v) is 3.47. The van der Waals surface area contributed by atoms with Crippen LogP contribution in [0.25, 0.3) is 0 Å². The van der Waals surface area contributed by atoms with Crippen LogP contribution >= 0.6 is 11.6 Å². The first-order valence-corrected chi connectivity index (χ1v) is 9.55. The first kappa shape index (κ1) is 18.9. The molecule has 1 fully saturated rings. The molecule has 138 valence electrons.